The minimum atomic E-state index is -0.914. The van der Waals surface area contributed by atoms with Gasteiger partial charge in [0.2, 0.25) is 0 Å². The Balaban J connectivity index is 4.46. The number of hydrogen-bond acceptors (Lipinski definition) is 2. The molecule has 0 saturated heterocycles. The fraction of sp³-hybridized carbons (Fsp3) is 0.889. The Morgan fingerprint density at radius 2 is 1.75 bits per heavy atom. The number of carboxylic acids is 1. The summed E-state index contributed by atoms with van der Waals surface area (Å²) in [5.41, 5.74) is -1.72. The Morgan fingerprint density at radius 3 is 1.83 bits per heavy atom. The third kappa shape index (κ3) is 3.22. The van der Waals surface area contributed by atoms with Crippen LogP contribution in [-0.4, -0.2) is 21.8 Å². The summed E-state index contributed by atoms with van der Waals surface area (Å²) >= 11 is 0. The lowest BCUT2D eigenvalue weighted by atomic mass is 9.78. The van der Waals surface area contributed by atoms with Crippen LogP contribution in [-0.2, 0) is 4.79 Å². The van der Waals surface area contributed by atoms with E-state index in [-0.39, 0.29) is 6.42 Å². The smallest absolute Gasteiger partial charge is 0.309 e. The minimum absolute atomic E-state index is 0.284. The van der Waals surface area contributed by atoms with E-state index in [1.54, 1.807) is 20.8 Å². The van der Waals surface area contributed by atoms with Crippen LogP contribution in [0.4, 0.5) is 0 Å². The number of aliphatic hydroxyl groups is 1. The van der Waals surface area contributed by atoms with Crippen molar-refractivity contribution in [2.24, 2.45) is 5.41 Å². The van der Waals surface area contributed by atoms with Gasteiger partial charge in [-0.1, -0.05) is 6.92 Å². The molecule has 3 nitrogen and oxygen atoms in total. The number of rotatable bonds is 4. The summed E-state index contributed by atoms with van der Waals surface area (Å²) < 4.78 is 0. The molecule has 0 amide bonds. The van der Waals surface area contributed by atoms with E-state index in [0.717, 1.165) is 0 Å². The number of carbonyl (C=O) groups is 1. The highest BCUT2D eigenvalue weighted by Gasteiger charge is 2.36. The van der Waals surface area contributed by atoms with Crippen molar-refractivity contribution in [2.45, 2.75) is 46.1 Å². The Kier molecular flexibility index (Phi) is 3.27. The second kappa shape index (κ2) is 3.44. The second-order valence-electron chi connectivity index (χ2n) is 4.21. The van der Waals surface area contributed by atoms with Crippen LogP contribution in [0.2, 0.25) is 0 Å². The van der Waals surface area contributed by atoms with Crippen molar-refractivity contribution in [1.29, 1.82) is 0 Å². The van der Waals surface area contributed by atoms with Gasteiger partial charge in [-0.3, -0.25) is 4.79 Å². The Hall–Kier alpha value is -0.570. The summed E-state index contributed by atoms with van der Waals surface area (Å²) in [4.78, 5) is 10.8. The molecule has 2 N–H and O–H groups in total. The van der Waals surface area contributed by atoms with Crippen molar-refractivity contribution >= 4 is 5.97 Å². The summed E-state index contributed by atoms with van der Waals surface area (Å²) in [6.07, 6.45) is 0.818. The average molecular weight is 174 g/mol. The van der Waals surface area contributed by atoms with Gasteiger partial charge in [0, 0.05) is 0 Å². The quantitative estimate of drug-likeness (QED) is 0.681. The summed E-state index contributed by atoms with van der Waals surface area (Å²) in [6, 6.07) is 0. The van der Waals surface area contributed by atoms with Gasteiger partial charge in [0.25, 0.3) is 0 Å². The molecule has 0 bridgehead atoms. The first-order chi connectivity index (χ1) is 5.21. The van der Waals surface area contributed by atoms with Crippen LogP contribution >= 0.6 is 0 Å². The van der Waals surface area contributed by atoms with Crippen molar-refractivity contribution in [3.8, 4) is 0 Å². The molecule has 0 aromatic rings. The first-order valence-corrected chi connectivity index (χ1v) is 4.17. The Labute approximate surface area is 73.4 Å². The maximum atomic E-state index is 10.8. The molecule has 1 atom stereocenters. The topological polar surface area (TPSA) is 57.5 Å². The van der Waals surface area contributed by atoms with Gasteiger partial charge in [-0.25, -0.2) is 0 Å². The molecule has 0 aromatic heterocycles. The molecule has 0 aliphatic carbocycles. The number of hydrogen-bond donors (Lipinski definition) is 2. The van der Waals surface area contributed by atoms with E-state index in [9.17, 15) is 9.90 Å². The average Bonchev–Trinajstić information content (AvgIpc) is 1.83. The molecule has 0 spiro atoms. The zero-order valence-corrected chi connectivity index (χ0v) is 8.22. The van der Waals surface area contributed by atoms with Crippen molar-refractivity contribution in [3.05, 3.63) is 0 Å². The second-order valence-corrected chi connectivity index (χ2v) is 4.21. The number of carboxylic acid groups (broad SMARTS) is 1. The fourth-order valence-electron chi connectivity index (χ4n) is 1.31. The van der Waals surface area contributed by atoms with Crippen LogP contribution in [0.25, 0.3) is 0 Å². The van der Waals surface area contributed by atoms with E-state index >= 15 is 0 Å². The van der Waals surface area contributed by atoms with Gasteiger partial charge in [0.05, 0.1) is 11.0 Å². The largest absolute Gasteiger partial charge is 0.481 e. The molecular formula is C9H18O3. The van der Waals surface area contributed by atoms with E-state index in [2.05, 4.69) is 0 Å². The van der Waals surface area contributed by atoms with E-state index in [4.69, 9.17) is 5.11 Å². The molecule has 0 saturated carbocycles. The highest BCUT2D eigenvalue weighted by molar-refractivity contribution is 5.74. The summed E-state index contributed by atoms with van der Waals surface area (Å²) in [7, 11) is 0. The maximum Gasteiger partial charge on any atom is 0.309 e. The van der Waals surface area contributed by atoms with Gasteiger partial charge >= 0.3 is 5.97 Å². The van der Waals surface area contributed by atoms with Crippen LogP contribution in [0.5, 0.6) is 0 Å². The van der Waals surface area contributed by atoms with Gasteiger partial charge in [0.15, 0.2) is 0 Å². The molecule has 1 unspecified atom stereocenters. The lowest BCUT2D eigenvalue weighted by Gasteiger charge is -2.29. The molecule has 0 fully saturated rings. The van der Waals surface area contributed by atoms with Gasteiger partial charge in [0.1, 0.15) is 0 Å². The van der Waals surface area contributed by atoms with Crippen LogP contribution in [0.3, 0.4) is 0 Å². The first kappa shape index (κ1) is 11.4. The molecule has 3 heteroatoms. The lowest BCUT2D eigenvalue weighted by Crippen LogP contribution is -2.35. The normalized spacial score (nSPS) is 17.1. The highest BCUT2D eigenvalue weighted by Crippen LogP contribution is 2.31. The fourth-order valence-corrected chi connectivity index (χ4v) is 1.31. The zero-order chi connectivity index (χ0) is 9.99. The molecule has 0 heterocycles. The first-order valence-electron chi connectivity index (χ1n) is 4.17. The van der Waals surface area contributed by atoms with Gasteiger partial charge in [-0.05, 0) is 33.6 Å². The van der Waals surface area contributed by atoms with E-state index < -0.39 is 17.0 Å². The van der Waals surface area contributed by atoms with Gasteiger partial charge in [-0.15, -0.1) is 0 Å². The van der Waals surface area contributed by atoms with E-state index in [1.165, 1.54) is 0 Å². The van der Waals surface area contributed by atoms with Crippen molar-refractivity contribution in [1.82, 2.24) is 0 Å². The van der Waals surface area contributed by atoms with Crippen LogP contribution in [0.1, 0.15) is 40.5 Å². The number of aliphatic carboxylic acids is 1. The van der Waals surface area contributed by atoms with Crippen molar-refractivity contribution < 1.29 is 15.0 Å². The Morgan fingerprint density at radius 1 is 1.33 bits per heavy atom. The maximum absolute atomic E-state index is 10.8. The molecule has 0 rings (SSSR count). The SMILES string of the molecule is CCC(C)(CC(C)(C)O)C(=O)O. The van der Waals surface area contributed by atoms with E-state index in [0.29, 0.717) is 6.42 Å². The third-order valence-corrected chi connectivity index (χ3v) is 2.12. The zero-order valence-electron chi connectivity index (χ0n) is 8.22. The molecule has 12 heavy (non-hydrogen) atoms. The minimum Gasteiger partial charge on any atom is -0.481 e. The predicted octanol–water partition coefficient (Wildman–Crippen LogP) is 1.65. The molecule has 72 valence electrons. The molecular weight excluding hydrogens is 156 g/mol. The predicted molar refractivity (Wildman–Crippen MR) is 46.9 cm³/mol. The summed E-state index contributed by atoms with van der Waals surface area (Å²) in [6.45, 7) is 6.74. The molecule has 0 aliphatic heterocycles. The molecule has 0 aromatic carbocycles. The summed E-state index contributed by atoms with van der Waals surface area (Å²) in [5.74, 6) is -0.841. The van der Waals surface area contributed by atoms with Crippen LogP contribution < -0.4 is 0 Å². The van der Waals surface area contributed by atoms with Crippen molar-refractivity contribution in [2.75, 3.05) is 0 Å². The standard InChI is InChI=1S/C9H18O3/c1-5-9(4,7(10)11)6-8(2,3)12/h12H,5-6H2,1-4H3,(H,10,11). The van der Waals surface area contributed by atoms with Crippen LogP contribution in [0.15, 0.2) is 0 Å². The molecule has 0 aliphatic rings. The summed E-state index contributed by atoms with van der Waals surface area (Å²) in [5, 5.41) is 18.4. The third-order valence-electron chi connectivity index (χ3n) is 2.12. The van der Waals surface area contributed by atoms with Crippen LogP contribution in [0, 0.1) is 5.41 Å². The monoisotopic (exact) mass is 174 g/mol. The lowest BCUT2D eigenvalue weighted by molar-refractivity contribution is -0.151. The van der Waals surface area contributed by atoms with Crippen molar-refractivity contribution in [3.63, 3.8) is 0 Å². The molecule has 0 radical (unpaired) electrons. The Bertz CT molecular complexity index is 169. The van der Waals surface area contributed by atoms with Gasteiger partial charge in [-0.2, -0.15) is 0 Å². The highest BCUT2D eigenvalue weighted by atomic mass is 16.4. The van der Waals surface area contributed by atoms with Gasteiger partial charge < -0.3 is 10.2 Å². The van der Waals surface area contributed by atoms with E-state index in [1.807, 2.05) is 6.92 Å².